The first-order valence-electron chi connectivity index (χ1n) is 11.5. The van der Waals surface area contributed by atoms with E-state index in [1.165, 1.54) is 0 Å². The van der Waals surface area contributed by atoms with Gasteiger partial charge in [0.2, 0.25) is 7.37 Å². The number of alkyl carbamates (subject to hydrolysis) is 1. The van der Waals surface area contributed by atoms with Crippen molar-refractivity contribution < 1.29 is 23.4 Å². The van der Waals surface area contributed by atoms with Crippen LogP contribution in [0.3, 0.4) is 0 Å². The van der Waals surface area contributed by atoms with Crippen molar-refractivity contribution in [2.75, 3.05) is 26.4 Å². The fraction of sp³-hybridized carbons (Fsp3) is 0.462. The van der Waals surface area contributed by atoms with E-state index in [0.717, 1.165) is 22.6 Å². The van der Waals surface area contributed by atoms with Crippen molar-refractivity contribution in [1.29, 1.82) is 0 Å². The lowest BCUT2D eigenvalue weighted by Crippen LogP contribution is -2.33. The van der Waals surface area contributed by atoms with E-state index in [1.807, 2.05) is 65.0 Å². The number of carbonyl (C=O) groups is 1. The summed E-state index contributed by atoms with van der Waals surface area (Å²) in [6.45, 7) is 12.2. The van der Waals surface area contributed by atoms with Crippen LogP contribution in [-0.4, -0.2) is 43.1 Å². The molecule has 34 heavy (non-hydrogen) atoms. The standard InChI is InChI=1S/C26H35N2O5P/c1-7-22-18-21(19-24(28-22)34(6,30)32-8-2)11-10-20-12-14-23(15-13-20)31-17-9-16-27-25(29)33-26(3,4)5/h12-15,18-19H,7-9,16-17H2,1-6H3,(H,27,29). The van der Waals surface area contributed by atoms with E-state index >= 15 is 0 Å². The summed E-state index contributed by atoms with van der Waals surface area (Å²) in [5, 5.41) is 2.71. The highest BCUT2D eigenvalue weighted by Gasteiger charge is 2.21. The summed E-state index contributed by atoms with van der Waals surface area (Å²) in [4.78, 5) is 16.1. The Morgan fingerprint density at radius 2 is 1.76 bits per heavy atom. The van der Waals surface area contributed by atoms with Gasteiger partial charge in [-0.3, -0.25) is 4.57 Å². The van der Waals surface area contributed by atoms with Crippen LogP contribution in [0.15, 0.2) is 36.4 Å². The Labute approximate surface area is 203 Å². The zero-order valence-electron chi connectivity index (χ0n) is 20.9. The minimum atomic E-state index is -2.97. The molecular formula is C26H35N2O5P. The number of nitrogens with zero attached hydrogens (tertiary/aromatic N) is 1. The normalized spacial score (nSPS) is 12.8. The smallest absolute Gasteiger partial charge is 0.407 e. The van der Waals surface area contributed by atoms with Gasteiger partial charge >= 0.3 is 6.09 Å². The second-order valence-electron chi connectivity index (χ2n) is 8.73. The van der Waals surface area contributed by atoms with E-state index in [0.29, 0.717) is 38.0 Å². The Bertz CT molecular complexity index is 1070. The van der Waals surface area contributed by atoms with Crippen LogP contribution >= 0.6 is 7.37 Å². The molecular weight excluding hydrogens is 451 g/mol. The molecule has 1 aromatic carbocycles. The Morgan fingerprint density at radius 1 is 1.09 bits per heavy atom. The summed E-state index contributed by atoms with van der Waals surface area (Å²) in [5.41, 5.74) is 2.35. The van der Waals surface area contributed by atoms with Gasteiger partial charge in [-0.05, 0) is 76.9 Å². The van der Waals surface area contributed by atoms with Crippen molar-refractivity contribution in [1.82, 2.24) is 10.3 Å². The largest absolute Gasteiger partial charge is 0.494 e. The van der Waals surface area contributed by atoms with Gasteiger partial charge in [0.15, 0.2) is 0 Å². The van der Waals surface area contributed by atoms with E-state index in [-0.39, 0.29) is 0 Å². The predicted octanol–water partition coefficient (Wildman–Crippen LogP) is 4.91. The number of amides is 1. The van der Waals surface area contributed by atoms with Crippen LogP contribution < -0.4 is 15.5 Å². The average Bonchev–Trinajstić information content (AvgIpc) is 2.76. The van der Waals surface area contributed by atoms with Crippen molar-refractivity contribution >= 4 is 18.9 Å². The second kappa shape index (κ2) is 12.6. The number of rotatable bonds is 9. The minimum Gasteiger partial charge on any atom is -0.494 e. The first kappa shape index (κ1) is 27.4. The third-order valence-electron chi connectivity index (χ3n) is 4.48. The van der Waals surface area contributed by atoms with E-state index in [2.05, 4.69) is 22.1 Å². The van der Waals surface area contributed by atoms with Gasteiger partial charge in [-0.25, -0.2) is 9.78 Å². The fourth-order valence-electron chi connectivity index (χ4n) is 2.89. The summed E-state index contributed by atoms with van der Waals surface area (Å²) in [6.07, 6.45) is 0.949. The number of carbonyl (C=O) groups excluding carboxylic acids is 1. The van der Waals surface area contributed by atoms with Crippen LogP contribution in [0.5, 0.6) is 5.75 Å². The number of aromatic nitrogens is 1. The van der Waals surface area contributed by atoms with Crippen molar-refractivity contribution in [3.8, 4) is 17.6 Å². The highest BCUT2D eigenvalue weighted by atomic mass is 31.2. The van der Waals surface area contributed by atoms with Gasteiger partial charge in [0.1, 0.15) is 16.8 Å². The highest BCUT2D eigenvalue weighted by molar-refractivity contribution is 7.65. The van der Waals surface area contributed by atoms with Gasteiger partial charge < -0.3 is 19.3 Å². The third-order valence-corrected chi connectivity index (χ3v) is 6.29. The molecule has 0 spiro atoms. The monoisotopic (exact) mass is 486 g/mol. The van der Waals surface area contributed by atoms with Crippen molar-refractivity contribution in [2.45, 2.75) is 53.1 Å². The molecule has 0 fully saturated rings. The number of aryl methyl sites for hydroxylation is 1. The number of hydrogen-bond acceptors (Lipinski definition) is 6. The second-order valence-corrected chi connectivity index (χ2v) is 11.1. The van der Waals surface area contributed by atoms with Gasteiger partial charge in [-0.2, -0.15) is 0 Å². The topological polar surface area (TPSA) is 86.8 Å². The first-order chi connectivity index (χ1) is 16.0. The molecule has 0 aliphatic carbocycles. The molecule has 1 heterocycles. The number of benzene rings is 1. The van der Waals surface area contributed by atoms with Crippen LogP contribution in [0.1, 0.15) is 57.9 Å². The molecule has 1 N–H and O–H groups in total. The van der Waals surface area contributed by atoms with E-state index in [1.54, 1.807) is 12.7 Å². The lowest BCUT2D eigenvalue weighted by molar-refractivity contribution is 0.0525. The predicted molar refractivity (Wildman–Crippen MR) is 135 cm³/mol. The summed E-state index contributed by atoms with van der Waals surface area (Å²) < 4.78 is 29.1. The van der Waals surface area contributed by atoms with E-state index in [4.69, 9.17) is 14.0 Å². The van der Waals surface area contributed by atoms with Gasteiger partial charge in [0, 0.05) is 30.0 Å². The zero-order valence-corrected chi connectivity index (χ0v) is 21.8. The molecule has 0 aliphatic rings. The molecule has 2 rings (SSSR count). The molecule has 1 atom stereocenters. The average molecular weight is 487 g/mol. The summed E-state index contributed by atoms with van der Waals surface area (Å²) in [7, 11) is -2.97. The van der Waals surface area contributed by atoms with Crippen molar-refractivity contribution in [3.05, 3.63) is 53.2 Å². The Hall–Kier alpha value is -2.81. The molecule has 1 amide bonds. The number of pyridine rings is 1. The van der Waals surface area contributed by atoms with Gasteiger partial charge in [-0.15, -0.1) is 0 Å². The SMILES string of the molecule is CCOP(C)(=O)c1cc(C#Cc2ccc(OCCCNC(=O)OC(C)(C)C)cc2)cc(CC)n1. The molecule has 0 aliphatic heterocycles. The molecule has 184 valence electrons. The number of nitrogens with one attached hydrogen (secondary N) is 1. The molecule has 1 unspecified atom stereocenters. The van der Waals surface area contributed by atoms with Crippen LogP contribution in [-0.2, 0) is 20.2 Å². The molecule has 2 aromatic rings. The lowest BCUT2D eigenvalue weighted by atomic mass is 10.1. The van der Waals surface area contributed by atoms with Crippen LogP contribution in [0.25, 0.3) is 0 Å². The maximum atomic E-state index is 12.8. The molecule has 0 bridgehead atoms. The van der Waals surface area contributed by atoms with Crippen molar-refractivity contribution in [2.24, 2.45) is 0 Å². The van der Waals surface area contributed by atoms with Gasteiger partial charge in [0.25, 0.3) is 0 Å². The maximum Gasteiger partial charge on any atom is 0.407 e. The summed E-state index contributed by atoms with van der Waals surface area (Å²) in [5.74, 6) is 7.00. The van der Waals surface area contributed by atoms with Crippen LogP contribution in [0.4, 0.5) is 4.79 Å². The lowest BCUT2D eigenvalue weighted by Gasteiger charge is -2.19. The van der Waals surface area contributed by atoms with E-state index < -0.39 is 19.1 Å². The Balaban J connectivity index is 1.93. The third kappa shape index (κ3) is 9.59. The molecule has 0 radical (unpaired) electrons. The quantitative estimate of drug-likeness (QED) is 0.308. The Morgan fingerprint density at radius 3 is 2.38 bits per heavy atom. The summed E-state index contributed by atoms with van der Waals surface area (Å²) in [6, 6.07) is 11.1. The first-order valence-corrected chi connectivity index (χ1v) is 13.5. The molecule has 1 aromatic heterocycles. The molecule has 8 heteroatoms. The number of hydrogen-bond donors (Lipinski definition) is 1. The van der Waals surface area contributed by atoms with Gasteiger partial charge in [0.05, 0.1) is 13.2 Å². The van der Waals surface area contributed by atoms with E-state index in [9.17, 15) is 9.36 Å². The number of ether oxygens (including phenoxy) is 2. The minimum absolute atomic E-state index is 0.363. The Kier molecular flexibility index (Phi) is 10.2. The van der Waals surface area contributed by atoms with Gasteiger partial charge in [-0.1, -0.05) is 18.8 Å². The highest BCUT2D eigenvalue weighted by Crippen LogP contribution is 2.40. The van der Waals surface area contributed by atoms with Crippen molar-refractivity contribution in [3.63, 3.8) is 0 Å². The zero-order chi connectivity index (χ0) is 25.2. The fourth-order valence-corrected chi connectivity index (χ4v) is 4.20. The molecule has 7 nitrogen and oxygen atoms in total. The van der Waals surface area contributed by atoms with Crippen LogP contribution in [0, 0.1) is 11.8 Å². The maximum absolute atomic E-state index is 12.8. The molecule has 0 saturated carbocycles. The van der Waals surface area contributed by atoms with Crippen LogP contribution in [0.2, 0.25) is 0 Å². The summed E-state index contributed by atoms with van der Waals surface area (Å²) >= 11 is 0. The molecule has 0 saturated heterocycles.